The van der Waals surface area contributed by atoms with E-state index in [2.05, 4.69) is 5.32 Å². The minimum atomic E-state index is -0.279. The number of piperazine rings is 1. The first kappa shape index (κ1) is 10.1. The maximum atomic E-state index is 12.3. The zero-order valence-electron chi connectivity index (χ0n) is 9.61. The van der Waals surface area contributed by atoms with Crippen molar-refractivity contribution in [1.29, 1.82) is 0 Å². The van der Waals surface area contributed by atoms with Crippen LogP contribution in [0.15, 0.2) is 0 Å². The largest absolute Gasteiger partial charge is 0.353 e. The average Bonchev–Trinajstić information content (AvgIpc) is 2.89. The lowest BCUT2D eigenvalue weighted by molar-refractivity contribution is -0.145. The van der Waals surface area contributed by atoms with Gasteiger partial charge in [-0.25, -0.2) is 0 Å². The van der Waals surface area contributed by atoms with E-state index in [1.807, 2.05) is 6.92 Å². The molecule has 2 aliphatic carbocycles. The molecule has 0 radical (unpaired) electrons. The summed E-state index contributed by atoms with van der Waals surface area (Å²) in [6.45, 7) is 3.11. The highest BCUT2D eigenvalue weighted by molar-refractivity contribution is 5.89. The van der Waals surface area contributed by atoms with Gasteiger partial charge < -0.3 is 10.2 Å². The fourth-order valence-electron chi connectivity index (χ4n) is 3.23. The van der Waals surface area contributed by atoms with Crippen molar-refractivity contribution in [2.45, 2.75) is 32.2 Å². The van der Waals surface area contributed by atoms with Gasteiger partial charge in [0.05, 0.1) is 0 Å². The summed E-state index contributed by atoms with van der Waals surface area (Å²) in [6, 6.07) is -0.279. The fourth-order valence-corrected chi connectivity index (χ4v) is 3.23. The van der Waals surface area contributed by atoms with Crippen LogP contribution in [0.3, 0.4) is 0 Å². The van der Waals surface area contributed by atoms with E-state index in [0.29, 0.717) is 13.1 Å². The summed E-state index contributed by atoms with van der Waals surface area (Å²) in [6.07, 6.45) is 3.46. The zero-order chi connectivity index (χ0) is 11.3. The number of carbonyl (C=O) groups excluding carboxylic acids is 2. The summed E-state index contributed by atoms with van der Waals surface area (Å²) in [4.78, 5) is 25.5. The van der Waals surface area contributed by atoms with Gasteiger partial charge in [-0.3, -0.25) is 9.59 Å². The molecule has 3 unspecified atom stereocenters. The Labute approximate surface area is 95.4 Å². The highest BCUT2D eigenvalue weighted by Crippen LogP contribution is 2.54. The molecule has 88 valence electrons. The number of fused-ring (bicyclic) bond motifs is 1. The molecule has 1 heterocycles. The van der Waals surface area contributed by atoms with Crippen LogP contribution < -0.4 is 5.32 Å². The van der Waals surface area contributed by atoms with E-state index in [-0.39, 0.29) is 23.8 Å². The van der Waals surface area contributed by atoms with E-state index in [1.54, 1.807) is 4.90 Å². The molecular weight excluding hydrogens is 204 g/mol. The molecule has 3 atom stereocenters. The van der Waals surface area contributed by atoms with Crippen LogP contribution in [0.5, 0.6) is 0 Å². The van der Waals surface area contributed by atoms with Gasteiger partial charge in [-0.2, -0.15) is 0 Å². The lowest BCUT2D eigenvalue weighted by atomic mass is 10.0. The number of nitrogens with one attached hydrogen (secondary N) is 1. The predicted octanol–water partition coefficient (Wildman–Crippen LogP) is 0.379. The topological polar surface area (TPSA) is 49.4 Å². The number of hydrogen-bond acceptors (Lipinski definition) is 2. The number of carbonyl (C=O) groups is 2. The van der Waals surface area contributed by atoms with Crippen LogP contribution in [-0.2, 0) is 9.59 Å². The summed E-state index contributed by atoms with van der Waals surface area (Å²) < 4.78 is 0. The Kier molecular flexibility index (Phi) is 2.19. The molecule has 16 heavy (non-hydrogen) atoms. The lowest BCUT2D eigenvalue weighted by Crippen LogP contribution is -2.57. The second-order valence-electron chi connectivity index (χ2n) is 5.42. The lowest BCUT2D eigenvalue weighted by Gasteiger charge is -2.34. The standard InChI is InChI=1S/C12H18N2O2/c1-7-11(15)13-2-3-14(7)12(16)10-5-8-4-9(8)6-10/h7-10H,2-6H2,1H3,(H,13,15). The Morgan fingerprint density at radius 3 is 2.69 bits per heavy atom. The molecule has 4 nitrogen and oxygen atoms in total. The Bertz CT molecular complexity index is 332. The Morgan fingerprint density at radius 2 is 2.00 bits per heavy atom. The molecule has 0 aromatic rings. The average molecular weight is 222 g/mol. The Morgan fingerprint density at radius 1 is 1.31 bits per heavy atom. The molecule has 1 saturated heterocycles. The number of rotatable bonds is 1. The summed E-state index contributed by atoms with van der Waals surface area (Å²) in [5.41, 5.74) is 0. The third-order valence-electron chi connectivity index (χ3n) is 4.37. The van der Waals surface area contributed by atoms with Crippen LogP contribution in [0, 0.1) is 17.8 Å². The molecule has 1 N–H and O–H groups in total. The van der Waals surface area contributed by atoms with Crippen molar-refractivity contribution in [3.8, 4) is 0 Å². The molecule has 3 fully saturated rings. The molecule has 3 aliphatic rings. The Hall–Kier alpha value is -1.06. The molecular formula is C12H18N2O2. The van der Waals surface area contributed by atoms with Crippen molar-refractivity contribution in [3.63, 3.8) is 0 Å². The third-order valence-corrected chi connectivity index (χ3v) is 4.37. The molecule has 0 bridgehead atoms. The van der Waals surface area contributed by atoms with Crippen LogP contribution in [0.2, 0.25) is 0 Å². The van der Waals surface area contributed by atoms with Gasteiger partial charge in [0.15, 0.2) is 0 Å². The number of nitrogens with zero attached hydrogens (tertiary/aromatic N) is 1. The number of amides is 2. The minimum Gasteiger partial charge on any atom is -0.353 e. The van der Waals surface area contributed by atoms with E-state index < -0.39 is 0 Å². The van der Waals surface area contributed by atoms with Crippen molar-refractivity contribution >= 4 is 11.8 Å². The van der Waals surface area contributed by atoms with Crippen molar-refractivity contribution < 1.29 is 9.59 Å². The van der Waals surface area contributed by atoms with Crippen LogP contribution in [0.1, 0.15) is 26.2 Å². The Balaban J connectivity index is 1.67. The molecule has 0 aromatic heterocycles. The van der Waals surface area contributed by atoms with Crippen molar-refractivity contribution in [3.05, 3.63) is 0 Å². The molecule has 2 saturated carbocycles. The first-order chi connectivity index (χ1) is 7.66. The van der Waals surface area contributed by atoms with Crippen LogP contribution >= 0.6 is 0 Å². The van der Waals surface area contributed by atoms with E-state index in [0.717, 1.165) is 24.7 Å². The highest BCUT2D eigenvalue weighted by atomic mass is 16.2. The summed E-state index contributed by atoms with van der Waals surface area (Å²) >= 11 is 0. The minimum absolute atomic E-state index is 0.0113. The van der Waals surface area contributed by atoms with E-state index in [9.17, 15) is 9.59 Å². The van der Waals surface area contributed by atoms with Crippen molar-refractivity contribution in [1.82, 2.24) is 10.2 Å². The highest BCUT2D eigenvalue weighted by Gasteiger charge is 2.49. The van der Waals surface area contributed by atoms with Crippen LogP contribution in [0.25, 0.3) is 0 Å². The second kappa shape index (κ2) is 3.47. The fraction of sp³-hybridized carbons (Fsp3) is 0.833. The van der Waals surface area contributed by atoms with Gasteiger partial charge in [-0.1, -0.05) is 0 Å². The maximum absolute atomic E-state index is 12.3. The summed E-state index contributed by atoms with van der Waals surface area (Å²) in [7, 11) is 0. The number of hydrogen-bond donors (Lipinski definition) is 1. The van der Waals surface area contributed by atoms with Gasteiger partial charge in [-0.05, 0) is 38.0 Å². The zero-order valence-corrected chi connectivity index (χ0v) is 9.61. The summed E-state index contributed by atoms with van der Waals surface area (Å²) in [5.74, 6) is 2.06. The van der Waals surface area contributed by atoms with E-state index in [1.165, 1.54) is 6.42 Å². The molecule has 0 aromatic carbocycles. The van der Waals surface area contributed by atoms with Gasteiger partial charge in [0.1, 0.15) is 6.04 Å². The molecule has 1 aliphatic heterocycles. The maximum Gasteiger partial charge on any atom is 0.242 e. The first-order valence-electron chi connectivity index (χ1n) is 6.25. The van der Waals surface area contributed by atoms with Gasteiger partial charge in [0.25, 0.3) is 0 Å². The predicted molar refractivity (Wildman–Crippen MR) is 58.5 cm³/mol. The third kappa shape index (κ3) is 1.51. The van der Waals surface area contributed by atoms with Crippen molar-refractivity contribution in [2.24, 2.45) is 17.8 Å². The van der Waals surface area contributed by atoms with E-state index >= 15 is 0 Å². The molecule has 3 rings (SSSR count). The van der Waals surface area contributed by atoms with Gasteiger partial charge in [-0.15, -0.1) is 0 Å². The quantitative estimate of drug-likeness (QED) is 0.697. The molecule has 2 amide bonds. The molecule has 4 heteroatoms. The summed E-state index contributed by atoms with van der Waals surface area (Å²) in [5, 5.41) is 2.79. The van der Waals surface area contributed by atoms with Gasteiger partial charge in [0, 0.05) is 19.0 Å². The monoisotopic (exact) mass is 222 g/mol. The van der Waals surface area contributed by atoms with E-state index in [4.69, 9.17) is 0 Å². The van der Waals surface area contributed by atoms with Crippen molar-refractivity contribution in [2.75, 3.05) is 13.1 Å². The normalized spacial score (nSPS) is 41.6. The van der Waals surface area contributed by atoms with Crippen LogP contribution in [-0.4, -0.2) is 35.8 Å². The van der Waals surface area contributed by atoms with Crippen LogP contribution in [0.4, 0.5) is 0 Å². The first-order valence-corrected chi connectivity index (χ1v) is 6.25. The smallest absolute Gasteiger partial charge is 0.242 e. The van der Waals surface area contributed by atoms with Gasteiger partial charge in [0.2, 0.25) is 11.8 Å². The SMILES string of the molecule is CC1C(=O)NCCN1C(=O)C1CC2CC2C1. The molecule has 0 spiro atoms. The second-order valence-corrected chi connectivity index (χ2v) is 5.42. The van der Waals surface area contributed by atoms with Gasteiger partial charge >= 0.3 is 0 Å².